The van der Waals surface area contributed by atoms with Crippen molar-refractivity contribution in [3.8, 4) is 0 Å². The predicted octanol–water partition coefficient (Wildman–Crippen LogP) is 0.805. The Kier molecular flexibility index (Phi) is 1.16. The standard InChI is InChI=1S/C6H8N/c1-7-5-3-2-4-6-7/h3-5H,6H2,1H3. The van der Waals surface area contributed by atoms with Crippen molar-refractivity contribution in [2.24, 2.45) is 0 Å². The lowest BCUT2D eigenvalue weighted by molar-refractivity contribution is 0.503. The van der Waals surface area contributed by atoms with E-state index in [1.807, 2.05) is 25.4 Å². The summed E-state index contributed by atoms with van der Waals surface area (Å²) >= 11 is 0. The van der Waals surface area contributed by atoms with Crippen LogP contribution in [0.5, 0.6) is 0 Å². The average Bonchev–Trinajstić information content (AvgIpc) is 1.69. The van der Waals surface area contributed by atoms with Crippen molar-refractivity contribution in [1.29, 1.82) is 0 Å². The van der Waals surface area contributed by atoms with E-state index in [1.165, 1.54) is 0 Å². The molecule has 0 fully saturated rings. The molecule has 1 aliphatic rings. The van der Waals surface area contributed by atoms with E-state index in [9.17, 15) is 0 Å². The van der Waals surface area contributed by atoms with E-state index in [0.717, 1.165) is 6.54 Å². The zero-order chi connectivity index (χ0) is 5.11. The smallest absolute Gasteiger partial charge is 0.0359 e. The van der Waals surface area contributed by atoms with Gasteiger partial charge in [0.2, 0.25) is 0 Å². The van der Waals surface area contributed by atoms with Gasteiger partial charge < -0.3 is 4.90 Å². The summed E-state index contributed by atoms with van der Waals surface area (Å²) < 4.78 is 0. The number of nitrogens with zero attached hydrogens (tertiary/aromatic N) is 1. The molecule has 1 rings (SSSR count). The monoisotopic (exact) mass is 94.1 g/mol. The molecular weight excluding hydrogens is 86.1 g/mol. The molecule has 0 aromatic carbocycles. The molecule has 0 atom stereocenters. The van der Waals surface area contributed by atoms with E-state index in [0.29, 0.717) is 0 Å². The van der Waals surface area contributed by atoms with Gasteiger partial charge in [0.25, 0.3) is 0 Å². The van der Waals surface area contributed by atoms with Crippen molar-refractivity contribution in [2.75, 3.05) is 13.6 Å². The van der Waals surface area contributed by atoms with Crippen LogP contribution in [0.4, 0.5) is 0 Å². The Balaban J connectivity index is 2.49. The van der Waals surface area contributed by atoms with E-state index >= 15 is 0 Å². The van der Waals surface area contributed by atoms with Crippen LogP contribution in [0.15, 0.2) is 18.4 Å². The van der Waals surface area contributed by atoms with E-state index in [-0.39, 0.29) is 0 Å². The van der Waals surface area contributed by atoms with Crippen molar-refractivity contribution >= 4 is 0 Å². The lowest BCUT2D eigenvalue weighted by atomic mass is 10.4. The maximum atomic E-state index is 2.97. The average molecular weight is 94.1 g/mol. The fourth-order valence-corrected chi connectivity index (χ4v) is 0.496. The molecule has 1 heterocycles. The molecule has 0 saturated carbocycles. The Morgan fingerprint density at radius 1 is 1.71 bits per heavy atom. The SMILES string of the molecule is CN1C=C[C]=CC1. The van der Waals surface area contributed by atoms with Gasteiger partial charge in [-0.05, 0) is 18.4 Å². The largest absolute Gasteiger partial charge is 0.377 e. The topological polar surface area (TPSA) is 3.24 Å². The summed E-state index contributed by atoms with van der Waals surface area (Å²) in [6.07, 6.45) is 8.87. The third-order valence-electron chi connectivity index (χ3n) is 0.922. The highest BCUT2D eigenvalue weighted by Crippen LogP contribution is 1.90. The molecule has 1 radical (unpaired) electrons. The Hall–Kier alpha value is -0.720. The fourth-order valence-electron chi connectivity index (χ4n) is 0.496. The zero-order valence-corrected chi connectivity index (χ0v) is 4.39. The first kappa shape index (κ1) is 4.44. The van der Waals surface area contributed by atoms with Crippen molar-refractivity contribution in [3.05, 3.63) is 24.4 Å². The molecule has 1 nitrogen and oxygen atoms in total. The summed E-state index contributed by atoms with van der Waals surface area (Å²) in [5.74, 6) is 0. The zero-order valence-electron chi connectivity index (χ0n) is 4.39. The second kappa shape index (κ2) is 1.82. The number of hydrogen-bond donors (Lipinski definition) is 0. The van der Waals surface area contributed by atoms with Crippen molar-refractivity contribution < 1.29 is 0 Å². The quantitative estimate of drug-likeness (QED) is 0.429. The molecule has 0 spiro atoms. The van der Waals surface area contributed by atoms with Gasteiger partial charge in [-0.1, -0.05) is 6.08 Å². The molecule has 0 N–H and O–H groups in total. The van der Waals surface area contributed by atoms with Gasteiger partial charge in [0, 0.05) is 13.6 Å². The molecule has 0 amide bonds. The fraction of sp³-hybridized carbons (Fsp3) is 0.333. The first-order valence-electron chi connectivity index (χ1n) is 2.34. The molecule has 1 aliphatic heterocycles. The van der Waals surface area contributed by atoms with Crippen LogP contribution >= 0.6 is 0 Å². The highest BCUT2D eigenvalue weighted by atomic mass is 15.1. The van der Waals surface area contributed by atoms with Crippen LogP contribution in [0.2, 0.25) is 0 Å². The van der Waals surface area contributed by atoms with Crippen molar-refractivity contribution in [2.45, 2.75) is 0 Å². The van der Waals surface area contributed by atoms with E-state index in [1.54, 1.807) is 0 Å². The van der Waals surface area contributed by atoms with Gasteiger partial charge in [0.05, 0.1) is 0 Å². The van der Waals surface area contributed by atoms with Gasteiger partial charge in [-0.25, -0.2) is 0 Å². The summed E-state index contributed by atoms with van der Waals surface area (Å²) in [4.78, 5) is 2.09. The third kappa shape index (κ3) is 1.07. The summed E-state index contributed by atoms with van der Waals surface area (Å²) in [6, 6.07) is 0. The van der Waals surface area contributed by atoms with Gasteiger partial charge in [0.1, 0.15) is 0 Å². The van der Waals surface area contributed by atoms with E-state index in [2.05, 4.69) is 11.0 Å². The van der Waals surface area contributed by atoms with E-state index < -0.39 is 0 Å². The summed E-state index contributed by atoms with van der Waals surface area (Å²) in [7, 11) is 2.04. The van der Waals surface area contributed by atoms with Crippen molar-refractivity contribution in [3.63, 3.8) is 0 Å². The van der Waals surface area contributed by atoms with Crippen LogP contribution in [-0.2, 0) is 0 Å². The minimum atomic E-state index is 0.997. The van der Waals surface area contributed by atoms with Gasteiger partial charge in [-0.2, -0.15) is 0 Å². The maximum Gasteiger partial charge on any atom is 0.0359 e. The highest BCUT2D eigenvalue weighted by molar-refractivity contribution is 5.01. The highest BCUT2D eigenvalue weighted by Gasteiger charge is 1.86. The molecule has 1 heteroatoms. The van der Waals surface area contributed by atoms with Gasteiger partial charge in [-0.15, -0.1) is 0 Å². The minimum absolute atomic E-state index is 0.997. The molecular formula is C6H8N. The molecule has 37 valence electrons. The van der Waals surface area contributed by atoms with Gasteiger partial charge in [0.15, 0.2) is 0 Å². The van der Waals surface area contributed by atoms with Crippen LogP contribution in [0.1, 0.15) is 0 Å². The Morgan fingerprint density at radius 3 is 2.86 bits per heavy atom. The molecule has 0 saturated heterocycles. The van der Waals surface area contributed by atoms with Crippen LogP contribution < -0.4 is 0 Å². The lowest BCUT2D eigenvalue weighted by Crippen LogP contribution is -2.11. The number of allylic oxidation sites excluding steroid dienone is 2. The van der Waals surface area contributed by atoms with E-state index in [4.69, 9.17) is 0 Å². The molecule has 7 heavy (non-hydrogen) atoms. The summed E-state index contributed by atoms with van der Waals surface area (Å²) in [5, 5.41) is 0. The third-order valence-corrected chi connectivity index (χ3v) is 0.922. The Morgan fingerprint density at radius 2 is 2.57 bits per heavy atom. The Bertz CT molecular complexity index is 103. The second-order valence-electron chi connectivity index (χ2n) is 1.63. The first-order chi connectivity index (χ1) is 3.39. The minimum Gasteiger partial charge on any atom is -0.377 e. The molecule has 0 aliphatic carbocycles. The van der Waals surface area contributed by atoms with Crippen LogP contribution in [0.3, 0.4) is 0 Å². The number of likely N-dealkylation sites (N-methyl/N-ethyl adjacent to an activating group) is 1. The van der Waals surface area contributed by atoms with Crippen LogP contribution in [0, 0.1) is 6.08 Å². The molecule has 0 unspecified atom stereocenters. The maximum absolute atomic E-state index is 2.97. The number of rotatable bonds is 0. The molecule has 0 aromatic heterocycles. The first-order valence-corrected chi connectivity index (χ1v) is 2.34. The summed E-state index contributed by atoms with van der Waals surface area (Å²) in [5.41, 5.74) is 0. The van der Waals surface area contributed by atoms with Crippen LogP contribution in [0.25, 0.3) is 0 Å². The van der Waals surface area contributed by atoms with Gasteiger partial charge >= 0.3 is 0 Å². The van der Waals surface area contributed by atoms with Crippen LogP contribution in [-0.4, -0.2) is 18.5 Å². The molecule has 0 aromatic rings. The Labute approximate surface area is 43.9 Å². The van der Waals surface area contributed by atoms with Crippen molar-refractivity contribution in [1.82, 2.24) is 4.90 Å². The summed E-state index contributed by atoms with van der Waals surface area (Å²) in [6.45, 7) is 0.997. The number of hydrogen-bond acceptors (Lipinski definition) is 1. The lowest BCUT2D eigenvalue weighted by Gasteiger charge is -2.11. The molecule has 0 bridgehead atoms. The van der Waals surface area contributed by atoms with Gasteiger partial charge in [-0.3, -0.25) is 0 Å². The predicted molar refractivity (Wildman–Crippen MR) is 29.6 cm³/mol. The second-order valence-corrected chi connectivity index (χ2v) is 1.63. The normalized spacial score (nSPS) is 18.1.